The van der Waals surface area contributed by atoms with Crippen LogP contribution in [0.25, 0.3) is 0 Å². The second-order valence-corrected chi connectivity index (χ2v) is 5.25. The molecule has 0 heterocycles. The Balaban J connectivity index is 2.14. The van der Waals surface area contributed by atoms with Crippen LogP contribution >= 0.6 is 0 Å². The second kappa shape index (κ2) is 8.08. The monoisotopic (exact) mass is 227 g/mol. The van der Waals surface area contributed by atoms with E-state index in [1.54, 1.807) is 7.11 Å². The van der Waals surface area contributed by atoms with Crippen molar-refractivity contribution >= 4 is 0 Å². The second-order valence-electron chi connectivity index (χ2n) is 5.25. The van der Waals surface area contributed by atoms with Crippen molar-refractivity contribution in [3.05, 3.63) is 0 Å². The quantitative estimate of drug-likeness (QED) is 0.643. The van der Waals surface area contributed by atoms with Gasteiger partial charge in [-0.1, -0.05) is 26.7 Å². The maximum absolute atomic E-state index is 5.10. The lowest BCUT2D eigenvalue weighted by molar-refractivity contribution is 0.188. The zero-order chi connectivity index (χ0) is 11.8. The van der Waals surface area contributed by atoms with E-state index in [0.717, 1.165) is 24.5 Å². The third-order valence-electron chi connectivity index (χ3n) is 4.06. The van der Waals surface area contributed by atoms with Gasteiger partial charge < -0.3 is 10.1 Å². The van der Waals surface area contributed by atoms with Crippen molar-refractivity contribution in [1.29, 1.82) is 0 Å². The molecule has 0 spiro atoms. The summed E-state index contributed by atoms with van der Waals surface area (Å²) < 4.78 is 5.10. The highest BCUT2D eigenvalue weighted by atomic mass is 16.5. The third-order valence-corrected chi connectivity index (χ3v) is 4.06. The van der Waals surface area contributed by atoms with Gasteiger partial charge in [0.2, 0.25) is 0 Å². The SMILES string of the molecule is CCCNC1CCC(CCCCOC)C1C. The highest BCUT2D eigenvalue weighted by molar-refractivity contribution is 4.86. The maximum atomic E-state index is 5.10. The Morgan fingerprint density at radius 2 is 2.06 bits per heavy atom. The van der Waals surface area contributed by atoms with E-state index in [1.807, 2.05) is 0 Å². The number of ether oxygens (including phenoxy) is 1. The van der Waals surface area contributed by atoms with Gasteiger partial charge in [-0.3, -0.25) is 0 Å². The van der Waals surface area contributed by atoms with Crippen molar-refractivity contribution in [3.63, 3.8) is 0 Å². The fourth-order valence-corrected chi connectivity index (χ4v) is 2.93. The van der Waals surface area contributed by atoms with E-state index in [9.17, 15) is 0 Å². The topological polar surface area (TPSA) is 21.3 Å². The van der Waals surface area contributed by atoms with Crippen LogP contribution in [0.5, 0.6) is 0 Å². The van der Waals surface area contributed by atoms with Crippen molar-refractivity contribution in [2.75, 3.05) is 20.3 Å². The minimum atomic E-state index is 0.785. The molecule has 0 saturated heterocycles. The van der Waals surface area contributed by atoms with E-state index >= 15 is 0 Å². The Morgan fingerprint density at radius 1 is 1.25 bits per heavy atom. The summed E-state index contributed by atoms with van der Waals surface area (Å²) in [5, 5.41) is 3.69. The van der Waals surface area contributed by atoms with Crippen molar-refractivity contribution < 1.29 is 4.74 Å². The number of methoxy groups -OCH3 is 1. The Labute approximate surface area is 101 Å². The first kappa shape index (κ1) is 14.0. The van der Waals surface area contributed by atoms with E-state index in [1.165, 1.54) is 45.1 Å². The van der Waals surface area contributed by atoms with Crippen LogP contribution < -0.4 is 5.32 Å². The average molecular weight is 227 g/mol. The van der Waals surface area contributed by atoms with Crippen LogP contribution in [0.15, 0.2) is 0 Å². The molecule has 16 heavy (non-hydrogen) atoms. The van der Waals surface area contributed by atoms with Gasteiger partial charge in [-0.25, -0.2) is 0 Å². The first-order valence-electron chi connectivity index (χ1n) is 7.02. The zero-order valence-corrected chi connectivity index (χ0v) is 11.3. The van der Waals surface area contributed by atoms with Crippen LogP contribution in [-0.4, -0.2) is 26.3 Å². The van der Waals surface area contributed by atoms with E-state index in [4.69, 9.17) is 4.74 Å². The fraction of sp³-hybridized carbons (Fsp3) is 1.00. The largest absolute Gasteiger partial charge is 0.385 e. The molecule has 0 aliphatic heterocycles. The Bertz CT molecular complexity index is 172. The van der Waals surface area contributed by atoms with E-state index in [0.29, 0.717) is 0 Å². The first-order chi connectivity index (χ1) is 7.79. The van der Waals surface area contributed by atoms with Gasteiger partial charge in [0, 0.05) is 19.8 Å². The molecule has 3 unspecified atom stereocenters. The van der Waals surface area contributed by atoms with Crippen LogP contribution in [0.3, 0.4) is 0 Å². The lowest BCUT2D eigenvalue weighted by atomic mass is 9.91. The molecular formula is C14H29NO. The summed E-state index contributed by atoms with van der Waals surface area (Å²) in [6.07, 6.45) is 8.03. The summed E-state index contributed by atoms with van der Waals surface area (Å²) in [6.45, 7) is 6.79. The predicted molar refractivity (Wildman–Crippen MR) is 69.7 cm³/mol. The number of hydrogen-bond acceptors (Lipinski definition) is 2. The molecule has 1 aliphatic carbocycles. The van der Waals surface area contributed by atoms with Gasteiger partial charge in [0.15, 0.2) is 0 Å². The molecule has 2 nitrogen and oxygen atoms in total. The van der Waals surface area contributed by atoms with E-state index < -0.39 is 0 Å². The molecule has 0 radical (unpaired) electrons. The van der Waals surface area contributed by atoms with Crippen LogP contribution in [0.1, 0.15) is 52.4 Å². The first-order valence-corrected chi connectivity index (χ1v) is 7.02. The van der Waals surface area contributed by atoms with Gasteiger partial charge in [-0.05, 0) is 44.1 Å². The molecule has 1 N–H and O–H groups in total. The van der Waals surface area contributed by atoms with E-state index in [2.05, 4.69) is 19.2 Å². The Kier molecular flexibility index (Phi) is 7.06. The molecule has 1 rings (SSSR count). The zero-order valence-electron chi connectivity index (χ0n) is 11.3. The lowest BCUT2D eigenvalue weighted by Gasteiger charge is -2.21. The molecule has 2 heteroatoms. The number of nitrogens with one attached hydrogen (secondary N) is 1. The van der Waals surface area contributed by atoms with Gasteiger partial charge in [-0.2, -0.15) is 0 Å². The van der Waals surface area contributed by atoms with Crippen molar-refractivity contribution in [2.24, 2.45) is 11.8 Å². The molecule has 0 aromatic rings. The lowest BCUT2D eigenvalue weighted by Crippen LogP contribution is -2.33. The number of unbranched alkanes of at least 4 members (excludes halogenated alkanes) is 1. The summed E-state index contributed by atoms with van der Waals surface area (Å²) >= 11 is 0. The fourth-order valence-electron chi connectivity index (χ4n) is 2.93. The highest BCUT2D eigenvalue weighted by Crippen LogP contribution is 2.35. The summed E-state index contributed by atoms with van der Waals surface area (Å²) in [5.41, 5.74) is 0. The molecule has 96 valence electrons. The molecule has 0 aromatic carbocycles. The smallest absolute Gasteiger partial charge is 0.0462 e. The normalized spacial score (nSPS) is 29.8. The molecule has 1 fully saturated rings. The number of rotatable bonds is 8. The third kappa shape index (κ3) is 4.42. The van der Waals surface area contributed by atoms with Gasteiger partial charge >= 0.3 is 0 Å². The Morgan fingerprint density at radius 3 is 2.75 bits per heavy atom. The van der Waals surface area contributed by atoms with Crippen LogP contribution in [0.4, 0.5) is 0 Å². The standard InChI is InChI=1S/C14H29NO/c1-4-10-15-14-9-8-13(12(14)2)7-5-6-11-16-3/h12-15H,4-11H2,1-3H3. The summed E-state index contributed by atoms with van der Waals surface area (Å²) in [7, 11) is 1.79. The maximum Gasteiger partial charge on any atom is 0.0462 e. The minimum Gasteiger partial charge on any atom is -0.385 e. The minimum absolute atomic E-state index is 0.785. The average Bonchev–Trinajstić information content (AvgIpc) is 2.64. The predicted octanol–water partition coefficient (Wildman–Crippen LogP) is 3.22. The Hall–Kier alpha value is -0.0800. The molecular weight excluding hydrogens is 198 g/mol. The molecule has 1 aliphatic rings. The van der Waals surface area contributed by atoms with Crippen molar-refractivity contribution in [1.82, 2.24) is 5.32 Å². The molecule has 0 bridgehead atoms. The molecule has 1 saturated carbocycles. The van der Waals surface area contributed by atoms with Crippen molar-refractivity contribution in [2.45, 2.75) is 58.4 Å². The van der Waals surface area contributed by atoms with Crippen LogP contribution in [0.2, 0.25) is 0 Å². The molecule has 3 atom stereocenters. The van der Waals surface area contributed by atoms with E-state index in [-0.39, 0.29) is 0 Å². The molecule has 0 amide bonds. The van der Waals surface area contributed by atoms with Crippen molar-refractivity contribution in [3.8, 4) is 0 Å². The van der Waals surface area contributed by atoms with Gasteiger partial charge in [0.25, 0.3) is 0 Å². The van der Waals surface area contributed by atoms with Gasteiger partial charge in [-0.15, -0.1) is 0 Å². The summed E-state index contributed by atoms with van der Waals surface area (Å²) in [5.74, 6) is 1.82. The summed E-state index contributed by atoms with van der Waals surface area (Å²) in [4.78, 5) is 0. The molecule has 0 aromatic heterocycles. The van der Waals surface area contributed by atoms with Crippen LogP contribution in [-0.2, 0) is 4.74 Å². The van der Waals surface area contributed by atoms with Crippen LogP contribution in [0, 0.1) is 11.8 Å². The van der Waals surface area contributed by atoms with Gasteiger partial charge in [0.05, 0.1) is 0 Å². The number of hydrogen-bond donors (Lipinski definition) is 1. The summed E-state index contributed by atoms with van der Waals surface area (Å²) in [6, 6.07) is 0.785. The highest BCUT2D eigenvalue weighted by Gasteiger charge is 2.31. The van der Waals surface area contributed by atoms with Gasteiger partial charge in [0.1, 0.15) is 0 Å².